The Balaban J connectivity index is 1.51. The summed E-state index contributed by atoms with van der Waals surface area (Å²) in [6, 6.07) is 7.79. The number of fused-ring (bicyclic) bond motifs is 1. The molecule has 0 aliphatic carbocycles. The van der Waals surface area contributed by atoms with Crippen molar-refractivity contribution in [3.63, 3.8) is 0 Å². The molecule has 8 nitrogen and oxygen atoms in total. The fourth-order valence-electron chi connectivity index (χ4n) is 2.80. The van der Waals surface area contributed by atoms with E-state index in [1.807, 2.05) is 35.0 Å². The van der Waals surface area contributed by atoms with E-state index in [0.717, 1.165) is 10.9 Å². The van der Waals surface area contributed by atoms with E-state index in [4.69, 9.17) is 0 Å². The molecule has 2 aromatic heterocycles. The van der Waals surface area contributed by atoms with Gasteiger partial charge in [-0.1, -0.05) is 18.2 Å². The first-order valence-corrected chi connectivity index (χ1v) is 8.21. The van der Waals surface area contributed by atoms with Gasteiger partial charge in [-0.25, -0.2) is 4.68 Å². The number of aromatic nitrogens is 5. The third-order valence-corrected chi connectivity index (χ3v) is 4.03. The number of amides is 1. The molecule has 0 aliphatic rings. The Bertz CT molecular complexity index is 869. The molecular weight excluding hydrogens is 320 g/mol. The first kappa shape index (κ1) is 16.8. The highest BCUT2D eigenvalue weighted by atomic mass is 16.1. The molecule has 1 amide bonds. The lowest BCUT2D eigenvalue weighted by atomic mass is 10.1. The lowest BCUT2D eigenvalue weighted by molar-refractivity contribution is -0.121. The van der Waals surface area contributed by atoms with Gasteiger partial charge in [-0.05, 0) is 29.8 Å². The van der Waals surface area contributed by atoms with Gasteiger partial charge in [-0.2, -0.15) is 0 Å². The molecule has 1 aromatic carbocycles. The zero-order valence-electron chi connectivity index (χ0n) is 14.1. The fourth-order valence-corrected chi connectivity index (χ4v) is 2.80. The molecule has 0 saturated carbocycles. The average Bonchev–Trinajstić information content (AvgIpc) is 3.23. The SMILES string of the molecule is CC(=O)c1cn(CCNC(=O)CCCn2cnnn2)c2ccccc12. The molecular formula is C17H20N6O2. The zero-order valence-corrected chi connectivity index (χ0v) is 14.1. The first-order valence-electron chi connectivity index (χ1n) is 8.21. The van der Waals surface area contributed by atoms with Crippen LogP contribution in [-0.2, 0) is 17.9 Å². The minimum atomic E-state index is -0.00340. The molecule has 0 aliphatic heterocycles. The summed E-state index contributed by atoms with van der Waals surface area (Å²) in [5, 5.41) is 14.7. The number of hydrogen-bond acceptors (Lipinski definition) is 5. The van der Waals surface area contributed by atoms with E-state index in [1.165, 1.54) is 6.33 Å². The summed E-state index contributed by atoms with van der Waals surface area (Å²) >= 11 is 0. The molecule has 0 radical (unpaired) electrons. The van der Waals surface area contributed by atoms with E-state index in [2.05, 4.69) is 20.8 Å². The Hall–Kier alpha value is -3.03. The van der Waals surface area contributed by atoms with Crippen LogP contribution in [0.1, 0.15) is 30.1 Å². The maximum Gasteiger partial charge on any atom is 0.220 e. The van der Waals surface area contributed by atoms with Gasteiger partial charge in [0.05, 0.1) is 0 Å². The Kier molecular flexibility index (Phi) is 5.17. The number of tetrazole rings is 1. The van der Waals surface area contributed by atoms with Crippen LogP contribution >= 0.6 is 0 Å². The van der Waals surface area contributed by atoms with Crippen molar-refractivity contribution in [3.05, 3.63) is 42.4 Å². The molecule has 2 heterocycles. The molecule has 0 fully saturated rings. The zero-order chi connectivity index (χ0) is 17.6. The first-order chi connectivity index (χ1) is 12.1. The second kappa shape index (κ2) is 7.69. The third-order valence-electron chi connectivity index (χ3n) is 4.03. The monoisotopic (exact) mass is 340 g/mol. The highest BCUT2D eigenvalue weighted by molar-refractivity contribution is 6.06. The van der Waals surface area contributed by atoms with Crippen molar-refractivity contribution >= 4 is 22.6 Å². The van der Waals surface area contributed by atoms with Gasteiger partial charge in [0.25, 0.3) is 0 Å². The normalized spacial score (nSPS) is 10.9. The number of para-hydroxylation sites is 1. The number of aryl methyl sites for hydroxylation is 1. The lowest BCUT2D eigenvalue weighted by Gasteiger charge is -2.07. The fraction of sp³-hybridized carbons (Fsp3) is 0.353. The minimum Gasteiger partial charge on any atom is -0.354 e. The van der Waals surface area contributed by atoms with Gasteiger partial charge < -0.3 is 9.88 Å². The molecule has 0 unspecified atom stereocenters. The van der Waals surface area contributed by atoms with E-state index >= 15 is 0 Å². The maximum atomic E-state index is 11.9. The molecule has 0 bridgehead atoms. The van der Waals surface area contributed by atoms with Gasteiger partial charge in [0.1, 0.15) is 6.33 Å². The van der Waals surface area contributed by atoms with Crippen molar-refractivity contribution in [3.8, 4) is 0 Å². The van der Waals surface area contributed by atoms with Crippen LogP contribution in [-0.4, -0.2) is 43.0 Å². The van der Waals surface area contributed by atoms with Crippen molar-refractivity contribution in [1.82, 2.24) is 30.1 Å². The Morgan fingerprint density at radius 2 is 2.04 bits per heavy atom. The molecule has 1 N–H and O–H groups in total. The summed E-state index contributed by atoms with van der Waals surface area (Å²) in [4.78, 5) is 23.7. The predicted octanol–water partition coefficient (Wildman–Crippen LogP) is 1.43. The van der Waals surface area contributed by atoms with Gasteiger partial charge in [0.15, 0.2) is 5.78 Å². The number of carbonyl (C=O) groups is 2. The molecule has 3 aromatic rings. The van der Waals surface area contributed by atoms with E-state index < -0.39 is 0 Å². The Morgan fingerprint density at radius 3 is 2.80 bits per heavy atom. The van der Waals surface area contributed by atoms with E-state index in [-0.39, 0.29) is 11.7 Å². The number of ketones is 1. The number of Topliss-reactive ketones (excluding diaryl/α,β-unsaturated/α-hetero) is 1. The van der Waals surface area contributed by atoms with Crippen molar-refractivity contribution in [1.29, 1.82) is 0 Å². The minimum absolute atomic E-state index is 0.00340. The molecule has 25 heavy (non-hydrogen) atoms. The van der Waals surface area contributed by atoms with Gasteiger partial charge in [-0.3, -0.25) is 9.59 Å². The summed E-state index contributed by atoms with van der Waals surface area (Å²) in [5.74, 6) is 0.0397. The number of hydrogen-bond donors (Lipinski definition) is 1. The number of rotatable bonds is 8. The molecule has 0 atom stereocenters. The Labute approximate surface area is 144 Å². The second-order valence-corrected chi connectivity index (χ2v) is 5.84. The highest BCUT2D eigenvalue weighted by Crippen LogP contribution is 2.21. The molecule has 0 saturated heterocycles. The van der Waals surface area contributed by atoms with Crippen LogP contribution in [0.2, 0.25) is 0 Å². The van der Waals surface area contributed by atoms with Crippen LogP contribution in [0.4, 0.5) is 0 Å². The van der Waals surface area contributed by atoms with Crippen LogP contribution in [0.5, 0.6) is 0 Å². The lowest BCUT2D eigenvalue weighted by Crippen LogP contribution is -2.27. The van der Waals surface area contributed by atoms with E-state index in [9.17, 15) is 9.59 Å². The molecule has 3 rings (SSSR count). The van der Waals surface area contributed by atoms with Gasteiger partial charge in [0, 0.05) is 48.7 Å². The van der Waals surface area contributed by atoms with Gasteiger partial charge in [0.2, 0.25) is 5.91 Å². The number of nitrogens with one attached hydrogen (secondary N) is 1. The quantitative estimate of drug-likeness (QED) is 0.626. The van der Waals surface area contributed by atoms with Crippen LogP contribution in [0.15, 0.2) is 36.8 Å². The van der Waals surface area contributed by atoms with Crippen molar-refractivity contribution < 1.29 is 9.59 Å². The van der Waals surface area contributed by atoms with Crippen LogP contribution < -0.4 is 5.32 Å². The third kappa shape index (κ3) is 4.09. The van der Waals surface area contributed by atoms with Crippen molar-refractivity contribution in [2.45, 2.75) is 32.9 Å². The summed E-state index contributed by atoms with van der Waals surface area (Å²) in [5.41, 5.74) is 1.71. The predicted molar refractivity (Wildman–Crippen MR) is 92.0 cm³/mol. The van der Waals surface area contributed by atoms with E-state index in [1.54, 1.807) is 11.6 Å². The summed E-state index contributed by atoms with van der Waals surface area (Å²) in [6.45, 7) is 3.31. The standard InChI is InChI=1S/C17H20N6O2/c1-13(24)15-11-22(16-6-3-2-5-14(15)16)10-8-18-17(25)7-4-9-23-12-19-20-21-23/h2-3,5-6,11-12H,4,7-10H2,1H3,(H,18,25). The van der Waals surface area contributed by atoms with Crippen LogP contribution in [0.25, 0.3) is 10.9 Å². The van der Waals surface area contributed by atoms with Gasteiger partial charge in [-0.15, -0.1) is 5.10 Å². The number of carbonyl (C=O) groups excluding carboxylic acids is 2. The van der Waals surface area contributed by atoms with E-state index in [0.29, 0.717) is 38.0 Å². The highest BCUT2D eigenvalue weighted by Gasteiger charge is 2.11. The Morgan fingerprint density at radius 1 is 1.20 bits per heavy atom. The van der Waals surface area contributed by atoms with Crippen LogP contribution in [0, 0.1) is 0 Å². The number of nitrogens with zero attached hydrogens (tertiary/aromatic N) is 5. The average molecular weight is 340 g/mol. The molecule has 0 spiro atoms. The molecule has 130 valence electrons. The van der Waals surface area contributed by atoms with Crippen molar-refractivity contribution in [2.24, 2.45) is 0 Å². The molecule has 8 heteroatoms. The smallest absolute Gasteiger partial charge is 0.220 e. The summed E-state index contributed by atoms with van der Waals surface area (Å²) < 4.78 is 3.61. The second-order valence-electron chi connectivity index (χ2n) is 5.84. The van der Waals surface area contributed by atoms with Crippen LogP contribution in [0.3, 0.4) is 0 Å². The summed E-state index contributed by atoms with van der Waals surface area (Å²) in [7, 11) is 0. The van der Waals surface area contributed by atoms with Gasteiger partial charge >= 0.3 is 0 Å². The summed E-state index contributed by atoms with van der Waals surface area (Å²) in [6.07, 6.45) is 4.49. The number of benzene rings is 1. The van der Waals surface area contributed by atoms with Crippen molar-refractivity contribution in [2.75, 3.05) is 6.54 Å². The largest absolute Gasteiger partial charge is 0.354 e. The maximum absolute atomic E-state index is 11.9. The topological polar surface area (TPSA) is 94.7 Å².